The number of aromatic nitrogens is 4. The number of alkyl halides is 3. The first-order valence-electron chi connectivity index (χ1n) is 11.9. The standard InChI is InChI=1S/C27H24F3N7O/c1-36-9-11-37(12-10-36)17-19-5-6-21(14-22(19)27(28,29)30)33-26(38)20-13-18(15-31-16-20)4-7-24-25-23(34-35-24)3-2-8-32-25/h2-3,5-6,8,13-16H,9-12,17H2,1H3,(H,33,38)(H,34,35). The Labute approximate surface area is 216 Å². The number of nitrogens with one attached hydrogen (secondary N) is 2. The minimum Gasteiger partial charge on any atom is -0.322 e. The summed E-state index contributed by atoms with van der Waals surface area (Å²) in [7, 11) is 1.99. The lowest BCUT2D eigenvalue weighted by Crippen LogP contribution is -2.44. The van der Waals surface area contributed by atoms with E-state index in [1.54, 1.807) is 12.3 Å². The number of rotatable bonds is 4. The number of aromatic amines is 1. The Morgan fingerprint density at radius 1 is 1.11 bits per heavy atom. The summed E-state index contributed by atoms with van der Waals surface area (Å²) < 4.78 is 41.6. The summed E-state index contributed by atoms with van der Waals surface area (Å²) >= 11 is 0. The molecule has 0 bridgehead atoms. The number of carbonyl (C=O) groups is 1. The van der Waals surface area contributed by atoms with E-state index in [-0.39, 0.29) is 23.4 Å². The molecule has 11 heteroatoms. The summed E-state index contributed by atoms with van der Waals surface area (Å²) in [5, 5.41) is 9.54. The number of H-pyrrole nitrogens is 1. The molecular formula is C27H24F3N7O. The van der Waals surface area contributed by atoms with Gasteiger partial charge < -0.3 is 10.2 Å². The summed E-state index contributed by atoms with van der Waals surface area (Å²) in [6.07, 6.45) is -0.0942. The summed E-state index contributed by atoms with van der Waals surface area (Å²) in [4.78, 5) is 25.3. The van der Waals surface area contributed by atoms with Crippen LogP contribution in [0.25, 0.3) is 11.0 Å². The van der Waals surface area contributed by atoms with Crippen LogP contribution in [0, 0.1) is 11.8 Å². The molecule has 0 atom stereocenters. The normalized spacial score (nSPS) is 14.7. The van der Waals surface area contributed by atoms with Gasteiger partial charge in [0.15, 0.2) is 5.69 Å². The molecule has 0 unspecified atom stereocenters. The minimum atomic E-state index is -4.55. The van der Waals surface area contributed by atoms with Gasteiger partial charge in [-0.1, -0.05) is 12.0 Å². The maximum absolute atomic E-state index is 13.9. The number of likely N-dealkylation sites (N-methyl/N-ethyl adjacent to an activating group) is 1. The fraction of sp³-hybridized carbons (Fsp3) is 0.259. The molecule has 0 spiro atoms. The third-order valence-electron chi connectivity index (χ3n) is 6.31. The average Bonchev–Trinajstić information content (AvgIpc) is 3.32. The molecule has 4 heterocycles. The third kappa shape index (κ3) is 5.82. The first kappa shape index (κ1) is 25.4. The van der Waals surface area contributed by atoms with Crippen molar-refractivity contribution in [2.45, 2.75) is 12.7 Å². The number of carbonyl (C=O) groups excluding carboxylic acids is 1. The van der Waals surface area contributed by atoms with Crippen LogP contribution in [0.15, 0.2) is 55.0 Å². The van der Waals surface area contributed by atoms with Crippen LogP contribution in [0.3, 0.4) is 0 Å². The van der Waals surface area contributed by atoms with Gasteiger partial charge in [-0.2, -0.15) is 18.3 Å². The number of amides is 1. The molecule has 2 N–H and O–H groups in total. The van der Waals surface area contributed by atoms with Crippen LogP contribution < -0.4 is 5.32 Å². The molecule has 38 heavy (non-hydrogen) atoms. The van der Waals surface area contributed by atoms with Gasteiger partial charge in [0.1, 0.15) is 5.52 Å². The van der Waals surface area contributed by atoms with Crippen LogP contribution in [-0.4, -0.2) is 69.1 Å². The van der Waals surface area contributed by atoms with Gasteiger partial charge in [-0.25, -0.2) is 0 Å². The lowest BCUT2D eigenvalue weighted by molar-refractivity contribution is -0.138. The maximum atomic E-state index is 13.9. The zero-order valence-electron chi connectivity index (χ0n) is 20.5. The molecule has 1 aromatic carbocycles. The van der Waals surface area contributed by atoms with E-state index in [0.29, 0.717) is 29.9 Å². The van der Waals surface area contributed by atoms with Crippen molar-refractivity contribution in [1.82, 2.24) is 30.0 Å². The molecule has 0 radical (unpaired) electrons. The van der Waals surface area contributed by atoms with E-state index in [2.05, 4.69) is 42.2 Å². The maximum Gasteiger partial charge on any atom is 0.416 e. The van der Waals surface area contributed by atoms with Gasteiger partial charge in [0.2, 0.25) is 0 Å². The van der Waals surface area contributed by atoms with E-state index >= 15 is 0 Å². The third-order valence-corrected chi connectivity index (χ3v) is 6.31. The van der Waals surface area contributed by atoms with E-state index in [1.165, 1.54) is 30.6 Å². The first-order valence-corrected chi connectivity index (χ1v) is 11.9. The van der Waals surface area contributed by atoms with E-state index in [4.69, 9.17) is 0 Å². The Morgan fingerprint density at radius 3 is 2.71 bits per heavy atom. The van der Waals surface area contributed by atoms with Crippen molar-refractivity contribution in [2.75, 3.05) is 38.5 Å². The van der Waals surface area contributed by atoms with Gasteiger partial charge in [-0.15, -0.1) is 0 Å². The number of nitrogens with zero attached hydrogens (tertiary/aromatic N) is 5. The zero-order chi connectivity index (χ0) is 26.7. The van der Waals surface area contributed by atoms with Crippen molar-refractivity contribution >= 4 is 22.6 Å². The van der Waals surface area contributed by atoms with Crippen LogP contribution in [0.1, 0.15) is 32.7 Å². The first-order chi connectivity index (χ1) is 18.3. The van der Waals surface area contributed by atoms with Gasteiger partial charge in [0, 0.05) is 62.6 Å². The second-order valence-electron chi connectivity index (χ2n) is 9.09. The van der Waals surface area contributed by atoms with Crippen LogP contribution in [0.5, 0.6) is 0 Å². The molecule has 0 aliphatic carbocycles. The van der Waals surface area contributed by atoms with Crippen LogP contribution in [0.4, 0.5) is 18.9 Å². The molecule has 1 aliphatic heterocycles. The molecule has 3 aromatic heterocycles. The molecule has 1 fully saturated rings. The molecule has 1 saturated heterocycles. The highest BCUT2D eigenvalue weighted by Gasteiger charge is 2.34. The van der Waals surface area contributed by atoms with Crippen molar-refractivity contribution in [3.05, 3.63) is 82.9 Å². The molecule has 1 amide bonds. The zero-order valence-corrected chi connectivity index (χ0v) is 20.5. The number of halogens is 3. The second-order valence-corrected chi connectivity index (χ2v) is 9.09. The van der Waals surface area contributed by atoms with E-state index in [1.807, 2.05) is 18.0 Å². The van der Waals surface area contributed by atoms with Gasteiger partial charge in [-0.3, -0.25) is 24.8 Å². The Morgan fingerprint density at radius 2 is 1.92 bits per heavy atom. The van der Waals surface area contributed by atoms with Crippen molar-refractivity contribution in [2.24, 2.45) is 0 Å². The summed E-state index contributed by atoms with van der Waals surface area (Å²) in [6.45, 7) is 3.21. The number of fused-ring (bicyclic) bond motifs is 1. The summed E-state index contributed by atoms with van der Waals surface area (Å²) in [6, 6.07) is 9.03. The molecule has 1 aliphatic rings. The monoisotopic (exact) mass is 519 g/mol. The molecule has 8 nitrogen and oxygen atoms in total. The van der Waals surface area contributed by atoms with E-state index < -0.39 is 17.6 Å². The largest absolute Gasteiger partial charge is 0.416 e. The van der Waals surface area contributed by atoms with Crippen molar-refractivity contribution < 1.29 is 18.0 Å². The number of pyridine rings is 2. The molecule has 194 valence electrons. The van der Waals surface area contributed by atoms with Crippen LogP contribution in [0.2, 0.25) is 0 Å². The fourth-order valence-electron chi connectivity index (χ4n) is 4.21. The Balaban J connectivity index is 1.32. The molecule has 0 saturated carbocycles. The quantitative estimate of drug-likeness (QED) is 0.399. The Bertz CT molecular complexity index is 1530. The molecular weight excluding hydrogens is 495 g/mol. The Hall–Kier alpha value is -4.27. The smallest absolute Gasteiger partial charge is 0.322 e. The number of anilines is 1. The predicted molar refractivity (Wildman–Crippen MR) is 136 cm³/mol. The van der Waals surface area contributed by atoms with Gasteiger partial charge >= 0.3 is 6.18 Å². The topological polar surface area (TPSA) is 90.0 Å². The average molecular weight is 520 g/mol. The van der Waals surface area contributed by atoms with Gasteiger partial charge in [0.25, 0.3) is 5.91 Å². The highest BCUT2D eigenvalue weighted by Crippen LogP contribution is 2.34. The van der Waals surface area contributed by atoms with Gasteiger partial charge in [0.05, 0.1) is 16.6 Å². The van der Waals surface area contributed by atoms with Crippen LogP contribution in [-0.2, 0) is 12.7 Å². The lowest BCUT2D eigenvalue weighted by Gasteiger charge is -2.33. The van der Waals surface area contributed by atoms with Gasteiger partial charge in [-0.05, 0) is 48.9 Å². The fourth-order valence-corrected chi connectivity index (χ4v) is 4.21. The Kier molecular flexibility index (Phi) is 7.09. The number of benzene rings is 1. The number of hydrogen-bond acceptors (Lipinski definition) is 6. The lowest BCUT2D eigenvalue weighted by atomic mass is 10.0. The molecule has 4 aromatic rings. The van der Waals surface area contributed by atoms with E-state index in [9.17, 15) is 18.0 Å². The highest BCUT2D eigenvalue weighted by molar-refractivity contribution is 6.04. The summed E-state index contributed by atoms with van der Waals surface area (Å²) in [5.74, 6) is 5.22. The minimum absolute atomic E-state index is 0.0509. The molecule has 5 rings (SSSR count). The summed E-state index contributed by atoms with van der Waals surface area (Å²) in [5.41, 5.74) is 1.90. The van der Waals surface area contributed by atoms with Crippen molar-refractivity contribution in [1.29, 1.82) is 0 Å². The SMILES string of the molecule is CN1CCN(Cc2ccc(NC(=O)c3cncc(C#Cc4n[nH]c5cccnc45)c3)cc2C(F)(F)F)CC1. The van der Waals surface area contributed by atoms with Crippen molar-refractivity contribution in [3.8, 4) is 11.8 Å². The van der Waals surface area contributed by atoms with E-state index in [0.717, 1.165) is 24.7 Å². The highest BCUT2D eigenvalue weighted by atomic mass is 19.4. The predicted octanol–water partition coefficient (Wildman–Crippen LogP) is 3.77. The number of hydrogen-bond donors (Lipinski definition) is 2. The van der Waals surface area contributed by atoms with Crippen LogP contribution >= 0.6 is 0 Å². The second kappa shape index (κ2) is 10.6. The number of piperazine rings is 1. The van der Waals surface area contributed by atoms with Crippen molar-refractivity contribution in [3.63, 3.8) is 0 Å².